The first-order valence-corrected chi connectivity index (χ1v) is 20.7. The lowest BCUT2D eigenvalue weighted by atomic mass is 9.95. The highest BCUT2D eigenvalue weighted by molar-refractivity contribution is 6.29. The molecule has 0 aliphatic rings. The van der Waals surface area contributed by atoms with Crippen molar-refractivity contribution in [2.24, 2.45) is 0 Å². The van der Waals surface area contributed by atoms with Gasteiger partial charge in [-0.05, 0) is 70.4 Å². The number of hydrogen-bond acceptors (Lipinski definition) is 3. The molecule has 0 radical (unpaired) electrons. The summed E-state index contributed by atoms with van der Waals surface area (Å²) >= 11 is 0. The summed E-state index contributed by atoms with van der Waals surface area (Å²) in [6, 6.07) is 77.4. The van der Waals surface area contributed by atoms with E-state index in [0.29, 0.717) is 5.82 Å². The molecule has 284 valence electrons. The Balaban J connectivity index is 1.05. The number of pyridine rings is 1. The lowest BCUT2D eigenvalue weighted by Gasteiger charge is -2.12. The minimum atomic E-state index is 0.709. The van der Waals surface area contributed by atoms with Gasteiger partial charge in [-0.3, -0.25) is 0 Å². The minimum Gasteiger partial charge on any atom is -0.309 e. The maximum Gasteiger partial charge on any atom is 0.160 e. The van der Waals surface area contributed by atoms with E-state index in [0.717, 1.165) is 83.3 Å². The third-order valence-corrected chi connectivity index (χ3v) is 12.0. The van der Waals surface area contributed by atoms with Crippen LogP contribution < -0.4 is 0 Å². The van der Waals surface area contributed by atoms with E-state index in [9.17, 15) is 0 Å². The van der Waals surface area contributed by atoms with Gasteiger partial charge in [0, 0.05) is 54.9 Å². The average molecular weight is 777 g/mol. The van der Waals surface area contributed by atoms with Gasteiger partial charge in [-0.25, -0.2) is 15.0 Å². The van der Waals surface area contributed by atoms with Crippen LogP contribution in [0, 0.1) is 0 Å². The minimum absolute atomic E-state index is 0.709. The quantitative estimate of drug-likeness (QED) is 0.158. The molecule has 0 unspecified atom stereocenters. The van der Waals surface area contributed by atoms with Crippen molar-refractivity contribution >= 4 is 54.3 Å². The Morgan fingerprint density at radius 2 is 0.885 bits per heavy atom. The summed E-state index contributed by atoms with van der Waals surface area (Å²) in [6.07, 6.45) is 0. The predicted molar refractivity (Wildman–Crippen MR) is 254 cm³/mol. The topological polar surface area (TPSA) is 43.6 Å². The third-order valence-electron chi connectivity index (χ3n) is 12.0. The molecule has 4 heteroatoms. The van der Waals surface area contributed by atoms with Crippen LogP contribution in [-0.2, 0) is 0 Å². The van der Waals surface area contributed by atoms with Gasteiger partial charge in [0.25, 0.3) is 0 Å². The number of aromatic nitrogens is 4. The smallest absolute Gasteiger partial charge is 0.160 e. The first-order chi connectivity index (χ1) is 30.2. The number of para-hydroxylation sites is 2. The zero-order valence-electron chi connectivity index (χ0n) is 33.1. The number of hydrogen-bond donors (Lipinski definition) is 0. The van der Waals surface area contributed by atoms with Crippen LogP contribution >= 0.6 is 0 Å². The first-order valence-electron chi connectivity index (χ1n) is 20.7. The molecule has 4 nitrogen and oxygen atoms in total. The van der Waals surface area contributed by atoms with Crippen molar-refractivity contribution in [2.45, 2.75) is 0 Å². The van der Waals surface area contributed by atoms with Crippen molar-refractivity contribution in [3.8, 4) is 62.0 Å². The van der Waals surface area contributed by atoms with Crippen LogP contribution in [0.2, 0.25) is 0 Å². The molecule has 0 bridgehead atoms. The Hall–Kier alpha value is -8.21. The van der Waals surface area contributed by atoms with Crippen molar-refractivity contribution < 1.29 is 0 Å². The second kappa shape index (κ2) is 14.3. The van der Waals surface area contributed by atoms with Gasteiger partial charge in [-0.2, -0.15) is 0 Å². The van der Waals surface area contributed by atoms with Gasteiger partial charge in [-0.15, -0.1) is 0 Å². The molecule has 0 fully saturated rings. The molecule has 3 heterocycles. The molecule has 0 aliphatic heterocycles. The molecule has 3 aromatic heterocycles. The second-order valence-corrected chi connectivity index (χ2v) is 15.6. The lowest BCUT2D eigenvalue weighted by molar-refractivity contribution is 1.18. The molecule has 0 aliphatic carbocycles. The van der Waals surface area contributed by atoms with Crippen LogP contribution in [0.1, 0.15) is 0 Å². The SMILES string of the molecule is c1ccc(-c2cc(-c3ccc4ccc(-c5ccc6c7c8c(ccc7n(-c7ccccc7)c6c5)c(-c5ccccc5)nc5ccccc58)cc4c3)nc(-c3ccccc3)n2)cc1. The molecule has 0 atom stereocenters. The Morgan fingerprint density at radius 1 is 0.311 bits per heavy atom. The Morgan fingerprint density at radius 3 is 1.64 bits per heavy atom. The zero-order valence-corrected chi connectivity index (χ0v) is 33.1. The highest BCUT2D eigenvalue weighted by Gasteiger charge is 2.20. The summed E-state index contributed by atoms with van der Waals surface area (Å²) in [4.78, 5) is 15.4. The number of fused-ring (bicyclic) bond motifs is 8. The first kappa shape index (κ1) is 34.8. The predicted octanol–water partition coefficient (Wildman–Crippen LogP) is 14.8. The molecular formula is C57H36N4. The third kappa shape index (κ3) is 5.96. The zero-order chi connectivity index (χ0) is 40.3. The van der Waals surface area contributed by atoms with E-state index in [2.05, 4.69) is 199 Å². The summed E-state index contributed by atoms with van der Waals surface area (Å²) in [7, 11) is 0. The van der Waals surface area contributed by atoms with E-state index in [-0.39, 0.29) is 0 Å². The lowest BCUT2D eigenvalue weighted by Crippen LogP contribution is -1.95. The standard InChI is InChI=1S/C57H36N4/c1-5-15-38(16-6-1)50-36-51(60-57(59-50)40-19-9-3-10-20-40)43-28-26-37-25-27-41(33-44(37)34-43)42-29-30-47-53(35-42)61(45-21-11-4-12-22-45)52-32-31-48-54(55(47)52)46-23-13-14-24-49(46)58-56(48)39-17-7-2-8-18-39/h1-36H. The fourth-order valence-corrected chi connectivity index (χ4v) is 9.05. The number of benzene rings is 9. The van der Waals surface area contributed by atoms with Crippen molar-refractivity contribution in [2.75, 3.05) is 0 Å². The van der Waals surface area contributed by atoms with Crippen molar-refractivity contribution in [1.82, 2.24) is 19.5 Å². The molecule has 0 N–H and O–H groups in total. The van der Waals surface area contributed by atoms with Crippen molar-refractivity contribution in [3.05, 3.63) is 218 Å². The Labute approximate surface area is 352 Å². The highest BCUT2D eigenvalue weighted by atomic mass is 15.0. The molecule has 12 aromatic rings. The summed E-state index contributed by atoms with van der Waals surface area (Å²) < 4.78 is 2.42. The molecule has 61 heavy (non-hydrogen) atoms. The van der Waals surface area contributed by atoms with Gasteiger partial charge in [0.05, 0.1) is 33.6 Å². The Bertz CT molecular complexity index is 3560. The molecule has 0 saturated heterocycles. The van der Waals surface area contributed by atoms with Gasteiger partial charge < -0.3 is 4.57 Å². The number of rotatable bonds is 6. The van der Waals surface area contributed by atoms with E-state index >= 15 is 0 Å². The largest absolute Gasteiger partial charge is 0.309 e. The Kier molecular flexibility index (Phi) is 8.13. The van der Waals surface area contributed by atoms with E-state index in [1.54, 1.807) is 0 Å². The van der Waals surface area contributed by atoms with Gasteiger partial charge in [0.2, 0.25) is 0 Å². The maximum atomic E-state index is 5.25. The van der Waals surface area contributed by atoms with Gasteiger partial charge >= 0.3 is 0 Å². The van der Waals surface area contributed by atoms with Gasteiger partial charge in [0.1, 0.15) is 0 Å². The molecule has 0 amide bonds. The van der Waals surface area contributed by atoms with Crippen LogP contribution in [0.25, 0.3) is 116 Å². The van der Waals surface area contributed by atoms with Crippen molar-refractivity contribution in [1.29, 1.82) is 0 Å². The van der Waals surface area contributed by atoms with Gasteiger partial charge in [-0.1, -0.05) is 170 Å². The molecule has 9 aromatic carbocycles. The normalized spacial score (nSPS) is 11.6. The molecule has 0 spiro atoms. The summed E-state index contributed by atoms with van der Waals surface area (Å²) in [5.74, 6) is 0.709. The van der Waals surface area contributed by atoms with Gasteiger partial charge in [0.15, 0.2) is 5.82 Å². The molecule has 12 rings (SSSR count). The highest BCUT2D eigenvalue weighted by Crippen LogP contribution is 2.43. The fourth-order valence-electron chi connectivity index (χ4n) is 9.05. The van der Waals surface area contributed by atoms with Crippen molar-refractivity contribution in [3.63, 3.8) is 0 Å². The van der Waals surface area contributed by atoms with E-state index in [1.807, 2.05) is 24.3 Å². The number of nitrogens with zero attached hydrogens (tertiary/aromatic N) is 4. The summed E-state index contributed by atoms with van der Waals surface area (Å²) in [5, 5.41) is 8.29. The second-order valence-electron chi connectivity index (χ2n) is 15.6. The average Bonchev–Trinajstić information content (AvgIpc) is 3.68. The summed E-state index contributed by atoms with van der Waals surface area (Å²) in [5.41, 5.74) is 13.7. The molecular weight excluding hydrogens is 741 g/mol. The van der Waals surface area contributed by atoms with Crippen LogP contribution in [-0.4, -0.2) is 19.5 Å². The van der Waals surface area contributed by atoms with Crippen LogP contribution in [0.3, 0.4) is 0 Å². The van der Waals surface area contributed by atoms with E-state index in [1.165, 1.54) is 27.1 Å². The monoisotopic (exact) mass is 776 g/mol. The van der Waals surface area contributed by atoms with Crippen LogP contribution in [0.4, 0.5) is 0 Å². The van der Waals surface area contributed by atoms with Crippen LogP contribution in [0.15, 0.2) is 218 Å². The maximum absolute atomic E-state index is 5.25. The summed E-state index contributed by atoms with van der Waals surface area (Å²) in [6.45, 7) is 0. The molecule has 0 saturated carbocycles. The van der Waals surface area contributed by atoms with E-state index < -0.39 is 0 Å². The van der Waals surface area contributed by atoms with Crippen LogP contribution in [0.5, 0.6) is 0 Å². The fraction of sp³-hybridized carbons (Fsp3) is 0. The van der Waals surface area contributed by atoms with E-state index in [4.69, 9.17) is 15.0 Å².